The summed E-state index contributed by atoms with van der Waals surface area (Å²) in [5.74, 6) is 0.114. The first-order valence-corrected chi connectivity index (χ1v) is 9.90. The molecule has 0 radical (unpaired) electrons. The van der Waals surface area contributed by atoms with Crippen molar-refractivity contribution in [2.75, 3.05) is 13.2 Å². The number of aliphatic hydroxyl groups excluding tert-OH is 1. The minimum Gasteiger partial charge on any atom is -0.465 e. The molecule has 4 atom stereocenters. The number of alkyl halides is 3. The van der Waals surface area contributed by atoms with Gasteiger partial charge in [-0.15, -0.1) is 11.6 Å². The zero-order valence-corrected chi connectivity index (χ0v) is 17.3. The number of hydrogen-bond acceptors (Lipinski definition) is 3. The van der Waals surface area contributed by atoms with Crippen molar-refractivity contribution < 1.29 is 14.6 Å². The fourth-order valence-electron chi connectivity index (χ4n) is 3.82. The Morgan fingerprint density at radius 1 is 1.33 bits per heavy atom. The van der Waals surface area contributed by atoms with E-state index < -0.39 is 20.0 Å². The number of ether oxygens (including phenoxy) is 1. The van der Waals surface area contributed by atoms with Crippen LogP contribution in [0.1, 0.15) is 59.8 Å². The molecule has 0 bridgehead atoms. The van der Waals surface area contributed by atoms with Gasteiger partial charge in [0.05, 0.1) is 19.1 Å². The molecule has 2 rings (SSSR count). The third-order valence-electron chi connectivity index (χ3n) is 6.61. The van der Waals surface area contributed by atoms with Crippen molar-refractivity contribution >= 4 is 40.8 Å². The SMILES string of the molecule is CCC(C)(CC1(C)C(C(=O)OCC2CC2)CC1(C)Cl)C(Cl)(Cl)CO. The van der Waals surface area contributed by atoms with E-state index in [1.54, 1.807) is 0 Å². The van der Waals surface area contributed by atoms with E-state index in [2.05, 4.69) is 0 Å². The molecule has 0 saturated heterocycles. The lowest BCUT2D eigenvalue weighted by Gasteiger charge is -2.60. The average molecular weight is 400 g/mol. The van der Waals surface area contributed by atoms with E-state index in [1.165, 1.54) is 0 Å². The summed E-state index contributed by atoms with van der Waals surface area (Å²) in [6.07, 6.45) is 4.10. The van der Waals surface area contributed by atoms with E-state index in [9.17, 15) is 9.90 Å². The molecule has 24 heavy (non-hydrogen) atoms. The van der Waals surface area contributed by atoms with Gasteiger partial charge in [0, 0.05) is 15.7 Å². The summed E-state index contributed by atoms with van der Waals surface area (Å²) in [7, 11) is 0. The molecule has 0 aromatic rings. The highest BCUT2D eigenvalue weighted by Gasteiger charge is 2.65. The van der Waals surface area contributed by atoms with Crippen LogP contribution >= 0.6 is 34.8 Å². The van der Waals surface area contributed by atoms with E-state index in [1.807, 2.05) is 27.7 Å². The van der Waals surface area contributed by atoms with Crippen LogP contribution in [-0.4, -0.2) is 33.5 Å². The molecular weight excluding hydrogens is 371 g/mol. The predicted octanol–water partition coefficient (Wildman–Crippen LogP) is 4.94. The number of aliphatic hydroxyl groups is 1. The molecule has 2 aliphatic carbocycles. The number of carbonyl (C=O) groups excluding carboxylic acids is 1. The Morgan fingerprint density at radius 2 is 1.92 bits per heavy atom. The second kappa shape index (κ2) is 6.79. The first-order valence-electron chi connectivity index (χ1n) is 8.77. The second-order valence-corrected chi connectivity index (χ2v) is 10.7. The minimum absolute atomic E-state index is 0.167. The van der Waals surface area contributed by atoms with Gasteiger partial charge in [-0.3, -0.25) is 4.79 Å². The van der Waals surface area contributed by atoms with Crippen molar-refractivity contribution in [1.29, 1.82) is 0 Å². The maximum atomic E-state index is 12.6. The average Bonchev–Trinajstić information content (AvgIpc) is 3.34. The van der Waals surface area contributed by atoms with Gasteiger partial charge in [-0.1, -0.05) is 44.0 Å². The molecule has 1 N–H and O–H groups in total. The van der Waals surface area contributed by atoms with Crippen LogP contribution in [0, 0.1) is 22.7 Å². The van der Waals surface area contributed by atoms with Crippen LogP contribution in [-0.2, 0) is 9.53 Å². The van der Waals surface area contributed by atoms with Gasteiger partial charge < -0.3 is 9.84 Å². The normalized spacial score (nSPS) is 35.9. The molecule has 2 saturated carbocycles. The summed E-state index contributed by atoms with van der Waals surface area (Å²) in [6.45, 7) is 8.09. The Balaban J connectivity index is 2.17. The zero-order valence-electron chi connectivity index (χ0n) is 15.0. The summed E-state index contributed by atoms with van der Waals surface area (Å²) < 4.78 is 4.22. The number of rotatable bonds is 8. The van der Waals surface area contributed by atoms with Crippen molar-refractivity contribution in [2.24, 2.45) is 22.7 Å². The first kappa shape index (κ1) is 20.6. The van der Waals surface area contributed by atoms with Gasteiger partial charge in [-0.05, 0) is 44.9 Å². The van der Waals surface area contributed by atoms with E-state index in [0.29, 0.717) is 31.8 Å². The van der Waals surface area contributed by atoms with Gasteiger partial charge in [0.1, 0.15) is 4.33 Å². The van der Waals surface area contributed by atoms with Gasteiger partial charge in [0.15, 0.2) is 0 Å². The lowest BCUT2D eigenvalue weighted by Crippen LogP contribution is -2.62. The van der Waals surface area contributed by atoms with Crippen molar-refractivity contribution in [3.63, 3.8) is 0 Å². The van der Waals surface area contributed by atoms with E-state index in [4.69, 9.17) is 39.5 Å². The fraction of sp³-hybridized carbons (Fsp3) is 0.944. The van der Waals surface area contributed by atoms with Gasteiger partial charge in [0.25, 0.3) is 0 Å². The number of halogens is 3. The van der Waals surface area contributed by atoms with Crippen LogP contribution in [0.5, 0.6) is 0 Å². The van der Waals surface area contributed by atoms with Gasteiger partial charge >= 0.3 is 5.97 Å². The van der Waals surface area contributed by atoms with Gasteiger partial charge in [0.2, 0.25) is 0 Å². The van der Waals surface area contributed by atoms with E-state index >= 15 is 0 Å². The summed E-state index contributed by atoms with van der Waals surface area (Å²) in [5.41, 5.74) is -1.05. The van der Waals surface area contributed by atoms with Crippen LogP contribution in [0.3, 0.4) is 0 Å². The highest BCUT2D eigenvalue weighted by molar-refractivity contribution is 6.49. The topological polar surface area (TPSA) is 46.5 Å². The Hall–Kier alpha value is 0.300. The predicted molar refractivity (Wildman–Crippen MR) is 98.7 cm³/mol. The number of hydrogen-bond donors (Lipinski definition) is 1. The minimum atomic E-state index is -1.28. The molecule has 2 fully saturated rings. The summed E-state index contributed by atoms with van der Waals surface area (Å²) in [5, 5.41) is 9.62. The monoisotopic (exact) mass is 398 g/mol. The van der Waals surface area contributed by atoms with E-state index in [-0.39, 0.29) is 18.5 Å². The van der Waals surface area contributed by atoms with Gasteiger partial charge in [-0.25, -0.2) is 0 Å². The molecule has 6 heteroatoms. The first-order chi connectivity index (χ1) is 10.9. The quantitative estimate of drug-likeness (QED) is 0.464. The summed E-state index contributed by atoms with van der Waals surface area (Å²) in [6, 6.07) is 0. The van der Waals surface area contributed by atoms with Crippen LogP contribution in [0.15, 0.2) is 0 Å². The lowest BCUT2D eigenvalue weighted by atomic mass is 9.48. The Labute approximate surface area is 160 Å². The highest BCUT2D eigenvalue weighted by atomic mass is 35.5. The highest BCUT2D eigenvalue weighted by Crippen LogP contribution is 2.65. The molecule has 0 aliphatic heterocycles. The van der Waals surface area contributed by atoms with Crippen LogP contribution in [0.25, 0.3) is 0 Å². The largest absolute Gasteiger partial charge is 0.465 e. The van der Waals surface area contributed by atoms with Crippen molar-refractivity contribution in [1.82, 2.24) is 0 Å². The number of esters is 1. The second-order valence-electron chi connectivity index (χ2n) is 8.40. The smallest absolute Gasteiger partial charge is 0.309 e. The standard InChI is InChI=1S/C18H29Cl3O3/c1-5-15(2,18(20,21)11-22)10-16(3)13(8-17(16,4)19)14(23)24-9-12-6-7-12/h12-13,22H,5-11H2,1-4H3. The van der Waals surface area contributed by atoms with Crippen LogP contribution in [0.2, 0.25) is 0 Å². The summed E-state index contributed by atoms with van der Waals surface area (Å²) >= 11 is 19.5. The zero-order chi connectivity index (χ0) is 18.4. The fourth-order valence-corrected chi connectivity index (χ4v) is 4.58. The summed E-state index contributed by atoms with van der Waals surface area (Å²) in [4.78, 5) is 12.0. The Morgan fingerprint density at radius 3 is 2.33 bits per heavy atom. The lowest BCUT2D eigenvalue weighted by molar-refractivity contribution is -0.168. The molecule has 3 nitrogen and oxygen atoms in total. The molecule has 0 aromatic carbocycles. The molecule has 2 aliphatic rings. The maximum absolute atomic E-state index is 12.6. The maximum Gasteiger partial charge on any atom is 0.309 e. The number of carbonyl (C=O) groups is 1. The van der Waals surface area contributed by atoms with Crippen molar-refractivity contribution in [3.8, 4) is 0 Å². The molecule has 0 heterocycles. The molecular formula is C18H29Cl3O3. The molecule has 140 valence electrons. The third-order valence-corrected chi connectivity index (χ3v) is 8.35. The molecule has 4 unspecified atom stereocenters. The molecule has 0 aromatic heterocycles. The van der Waals surface area contributed by atoms with Gasteiger partial charge in [-0.2, -0.15) is 0 Å². The van der Waals surface area contributed by atoms with Crippen LogP contribution < -0.4 is 0 Å². The van der Waals surface area contributed by atoms with Crippen LogP contribution in [0.4, 0.5) is 0 Å². The third kappa shape index (κ3) is 3.56. The molecule has 0 spiro atoms. The Kier molecular flexibility index (Phi) is 5.83. The van der Waals surface area contributed by atoms with E-state index in [0.717, 1.165) is 12.8 Å². The molecule has 0 amide bonds. The van der Waals surface area contributed by atoms with Crippen molar-refractivity contribution in [3.05, 3.63) is 0 Å². The van der Waals surface area contributed by atoms with Crippen molar-refractivity contribution in [2.45, 2.75) is 69.0 Å². The Bertz CT molecular complexity index is 490.